The molecule has 2 N–H and O–H groups in total. The molecule has 1 heterocycles. The van der Waals surface area contributed by atoms with Gasteiger partial charge in [-0.2, -0.15) is 0 Å². The first-order valence-electron chi connectivity index (χ1n) is 5.04. The number of aryl methyl sites for hydroxylation is 1. The van der Waals surface area contributed by atoms with Crippen molar-refractivity contribution in [1.29, 1.82) is 0 Å². The van der Waals surface area contributed by atoms with Gasteiger partial charge in [0.25, 0.3) is 0 Å². The van der Waals surface area contributed by atoms with Crippen LogP contribution < -0.4 is 10.6 Å². The number of nitrogens with one attached hydrogen (secondary N) is 2. The van der Waals surface area contributed by atoms with Crippen LogP contribution in [0.25, 0.3) is 0 Å². The third-order valence-electron chi connectivity index (χ3n) is 2.06. The second-order valence-electron chi connectivity index (χ2n) is 3.46. The molecule has 1 atom stereocenters. The van der Waals surface area contributed by atoms with Crippen molar-refractivity contribution in [3.63, 3.8) is 0 Å². The van der Waals surface area contributed by atoms with Gasteiger partial charge in [-0.05, 0) is 40.4 Å². The van der Waals surface area contributed by atoms with Crippen LogP contribution >= 0.6 is 11.3 Å². The Morgan fingerprint density at radius 2 is 2.29 bits per heavy atom. The Morgan fingerprint density at radius 1 is 1.50 bits per heavy atom. The summed E-state index contributed by atoms with van der Waals surface area (Å²) in [7, 11) is 1.98. The normalized spacial score (nSPS) is 13.1. The van der Waals surface area contributed by atoms with Gasteiger partial charge >= 0.3 is 0 Å². The first kappa shape index (κ1) is 11.6. The highest BCUT2D eigenvalue weighted by Crippen LogP contribution is 2.16. The van der Waals surface area contributed by atoms with E-state index in [2.05, 4.69) is 27.9 Å². The molecule has 0 aliphatic carbocycles. The van der Waals surface area contributed by atoms with Gasteiger partial charge in [0.1, 0.15) is 5.01 Å². The minimum Gasteiger partial charge on any atom is -0.320 e. The molecule has 3 nitrogen and oxygen atoms in total. The van der Waals surface area contributed by atoms with E-state index in [1.807, 2.05) is 14.0 Å². The van der Waals surface area contributed by atoms with Crippen LogP contribution in [0.4, 0.5) is 0 Å². The van der Waals surface area contributed by atoms with Gasteiger partial charge in [-0.25, -0.2) is 4.98 Å². The van der Waals surface area contributed by atoms with E-state index >= 15 is 0 Å². The standard InChI is InChI=1S/C10H19N3S/c1-8-7-14-10(13-8)9(2)12-6-4-5-11-3/h7,9,11-12H,4-6H2,1-3H3. The zero-order valence-electron chi connectivity index (χ0n) is 9.13. The topological polar surface area (TPSA) is 37.0 Å². The lowest BCUT2D eigenvalue weighted by Crippen LogP contribution is -2.22. The van der Waals surface area contributed by atoms with Crippen molar-refractivity contribution < 1.29 is 0 Å². The van der Waals surface area contributed by atoms with Crippen molar-refractivity contribution in [2.24, 2.45) is 0 Å². The summed E-state index contributed by atoms with van der Waals surface area (Å²) in [5.74, 6) is 0. The smallest absolute Gasteiger partial charge is 0.110 e. The van der Waals surface area contributed by atoms with Crippen LogP contribution in [-0.2, 0) is 0 Å². The summed E-state index contributed by atoms with van der Waals surface area (Å²) < 4.78 is 0. The molecule has 4 heteroatoms. The number of thiazole rings is 1. The molecule has 0 bridgehead atoms. The molecule has 0 saturated carbocycles. The van der Waals surface area contributed by atoms with Crippen LogP contribution in [0.3, 0.4) is 0 Å². The van der Waals surface area contributed by atoms with E-state index in [0.29, 0.717) is 6.04 Å². The molecule has 80 valence electrons. The Bertz CT molecular complexity index is 260. The van der Waals surface area contributed by atoms with Gasteiger partial charge in [0.2, 0.25) is 0 Å². The zero-order valence-corrected chi connectivity index (χ0v) is 9.95. The summed E-state index contributed by atoms with van der Waals surface area (Å²) >= 11 is 1.73. The molecule has 0 aliphatic heterocycles. The highest BCUT2D eigenvalue weighted by Gasteiger charge is 2.07. The van der Waals surface area contributed by atoms with Crippen molar-refractivity contribution in [1.82, 2.24) is 15.6 Å². The van der Waals surface area contributed by atoms with Gasteiger partial charge in [0.15, 0.2) is 0 Å². The third kappa shape index (κ3) is 3.74. The minimum atomic E-state index is 0.380. The number of hydrogen-bond donors (Lipinski definition) is 2. The molecular formula is C10H19N3S. The molecule has 1 rings (SSSR count). The Kier molecular flexibility index (Phi) is 5.07. The van der Waals surface area contributed by atoms with Gasteiger partial charge in [-0.15, -0.1) is 11.3 Å². The number of aromatic nitrogens is 1. The van der Waals surface area contributed by atoms with Crippen molar-refractivity contribution in [2.45, 2.75) is 26.3 Å². The maximum atomic E-state index is 4.45. The van der Waals surface area contributed by atoms with Gasteiger partial charge in [0.05, 0.1) is 6.04 Å². The summed E-state index contributed by atoms with van der Waals surface area (Å²) in [5.41, 5.74) is 1.12. The van der Waals surface area contributed by atoms with E-state index in [0.717, 1.165) is 25.2 Å². The van der Waals surface area contributed by atoms with E-state index in [1.54, 1.807) is 11.3 Å². The van der Waals surface area contributed by atoms with E-state index in [1.165, 1.54) is 5.01 Å². The van der Waals surface area contributed by atoms with Gasteiger partial charge in [-0.3, -0.25) is 0 Å². The van der Waals surface area contributed by atoms with Crippen LogP contribution in [0.2, 0.25) is 0 Å². The molecule has 0 aromatic carbocycles. The van der Waals surface area contributed by atoms with Gasteiger partial charge < -0.3 is 10.6 Å². The number of nitrogens with zero attached hydrogens (tertiary/aromatic N) is 1. The predicted octanol–water partition coefficient (Wildman–Crippen LogP) is 1.71. The van der Waals surface area contributed by atoms with E-state index in [4.69, 9.17) is 0 Å². The van der Waals surface area contributed by atoms with Crippen LogP contribution in [0.15, 0.2) is 5.38 Å². The quantitative estimate of drug-likeness (QED) is 0.706. The average Bonchev–Trinajstić information content (AvgIpc) is 2.59. The fourth-order valence-electron chi connectivity index (χ4n) is 1.24. The van der Waals surface area contributed by atoms with E-state index in [-0.39, 0.29) is 0 Å². The second kappa shape index (κ2) is 6.11. The van der Waals surface area contributed by atoms with Crippen LogP contribution in [0.5, 0.6) is 0 Å². The molecule has 1 aromatic rings. The summed E-state index contributed by atoms with van der Waals surface area (Å²) in [4.78, 5) is 4.45. The number of rotatable bonds is 6. The lowest BCUT2D eigenvalue weighted by atomic mass is 10.3. The molecule has 0 saturated heterocycles. The van der Waals surface area contributed by atoms with Crippen LogP contribution in [0.1, 0.15) is 30.1 Å². The zero-order chi connectivity index (χ0) is 10.4. The largest absolute Gasteiger partial charge is 0.320 e. The first-order valence-corrected chi connectivity index (χ1v) is 5.92. The molecule has 0 radical (unpaired) electrons. The van der Waals surface area contributed by atoms with Gasteiger partial charge in [-0.1, -0.05) is 0 Å². The second-order valence-corrected chi connectivity index (χ2v) is 4.35. The Hall–Kier alpha value is -0.450. The highest BCUT2D eigenvalue weighted by molar-refractivity contribution is 7.09. The molecular weight excluding hydrogens is 194 g/mol. The minimum absolute atomic E-state index is 0.380. The summed E-state index contributed by atoms with van der Waals surface area (Å²) in [6.45, 7) is 6.31. The first-order chi connectivity index (χ1) is 6.74. The van der Waals surface area contributed by atoms with Crippen LogP contribution in [-0.4, -0.2) is 25.1 Å². The monoisotopic (exact) mass is 213 g/mol. The average molecular weight is 213 g/mol. The number of hydrogen-bond acceptors (Lipinski definition) is 4. The van der Waals surface area contributed by atoms with Crippen molar-refractivity contribution in [3.8, 4) is 0 Å². The summed E-state index contributed by atoms with van der Waals surface area (Å²) in [6, 6.07) is 0.380. The summed E-state index contributed by atoms with van der Waals surface area (Å²) in [5, 5.41) is 9.87. The molecule has 1 aromatic heterocycles. The lowest BCUT2D eigenvalue weighted by Gasteiger charge is -2.10. The predicted molar refractivity (Wildman–Crippen MR) is 61.8 cm³/mol. The molecule has 14 heavy (non-hydrogen) atoms. The van der Waals surface area contributed by atoms with E-state index in [9.17, 15) is 0 Å². The Morgan fingerprint density at radius 3 is 2.86 bits per heavy atom. The van der Waals surface area contributed by atoms with Gasteiger partial charge in [0, 0.05) is 11.1 Å². The fraction of sp³-hybridized carbons (Fsp3) is 0.700. The van der Waals surface area contributed by atoms with Crippen molar-refractivity contribution in [2.75, 3.05) is 20.1 Å². The lowest BCUT2D eigenvalue weighted by molar-refractivity contribution is 0.547. The third-order valence-corrected chi connectivity index (χ3v) is 3.21. The molecule has 0 aliphatic rings. The Balaban J connectivity index is 2.25. The highest BCUT2D eigenvalue weighted by atomic mass is 32.1. The summed E-state index contributed by atoms with van der Waals surface area (Å²) in [6.07, 6.45) is 1.16. The maximum Gasteiger partial charge on any atom is 0.110 e. The maximum absolute atomic E-state index is 4.45. The molecule has 0 amide bonds. The fourth-order valence-corrected chi connectivity index (χ4v) is 2.07. The van der Waals surface area contributed by atoms with Crippen molar-refractivity contribution in [3.05, 3.63) is 16.1 Å². The molecule has 1 unspecified atom stereocenters. The van der Waals surface area contributed by atoms with Crippen LogP contribution in [0, 0.1) is 6.92 Å². The van der Waals surface area contributed by atoms with Crippen molar-refractivity contribution >= 4 is 11.3 Å². The SMILES string of the molecule is CNCCCNC(C)c1nc(C)cs1. The molecule has 0 fully saturated rings. The van der Waals surface area contributed by atoms with E-state index < -0.39 is 0 Å². The molecule has 0 spiro atoms. The Labute approximate surface area is 89.9 Å².